The SMILES string of the molecule is CCNc1ncnc(NCc2ccon2)c1C. The van der Waals surface area contributed by atoms with Gasteiger partial charge in [-0.15, -0.1) is 0 Å². The maximum absolute atomic E-state index is 4.76. The van der Waals surface area contributed by atoms with Crippen LogP contribution in [0.15, 0.2) is 23.2 Å². The second-order valence-electron chi connectivity index (χ2n) is 3.57. The van der Waals surface area contributed by atoms with Crippen LogP contribution in [0, 0.1) is 6.92 Å². The standard InChI is InChI=1S/C11H15N5O/c1-3-12-10-8(2)11(15-7-14-10)13-6-9-4-5-17-16-9/h4-5,7H,3,6H2,1-2H3,(H2,12,13,14,15). The fraction of sp³-hybridized carbons (Fsp3) is 0.364. The summed E-state index contributed by atoms with van der Waals surface area (Å²) >= 11 is 0. The summed E-state index contributed by atoms with van der Waals surface area (Å²) in [5.74, 6) is 1.66. The van der Waals surface area contributed by atoms with Gasteiger partial charge in [0.25, 0.3) is 0 Å². The molecular weight excluding hydrogens is 218 g/mol. The number of rotatable bonds is 5. The lowest BCUT2D eigenvalue weighted by Crippen LogP contribution is -2.08. The van der Waals surface area contributed by atoms with Gasteiger partial charge in [0, 0.05) is 18.2 Å². The van der Waals surface area contributed by atoms with Gasteiger partial charge in [-0.05, 0) is 13.8 Å². The van der Waals surface area contributed by atoms with E-state index in [2.05, 4.69) is 25.8 Å². The molecule has 0 fully saturated rings. The van der Waals surface area contributed by atoms with Gasteiger partial charge in [-0.3, -0.25) is 0 Å². The van der Waals surface area contributed by atoms with E-state index in [1.165, 1.54) is 6.33 Å². The summed E-state index contributed by atoms with van der Waals surface area (Å²) < 4.78 is 4.76. The van der Waals surface area contributed by atoms with Crippen molar-refractivity contribution in [3.8, 4) is 0 Å². The zero-order valence-corrected chi connectivity index (χ0v) is 9.90. The first-order valence-corrected chi connectivity index (χ1v) is 5.50. The first kappa shape index (κ1) is 11.4. The smallest absolute Gasteiger partial charge is 0.134 e. The Hall–Kier alpha value is -2.11. The van der Waals surface area contributed by atoms with E-state index in [1.807, 2.05) is 19.9 Å². The van der Waals surface area contributed by atoms with Crippen LogP contribution in [0.4, 0.5) is 11.6 Å². The van der Waals surface area contributed by atoms with Crippen molar-refractivity contribution < 1.29 is 4.52 Å². The zero-order chi connectivity index (χ0) is 12.1. The molecule has 0 aliphatic rings. The molecule has 6 nitrogen and oxygen atoms in total. The lowest BCUT2D eigenvalue weighted by Gasteiger charge is -2.10. The second-order valence-corrected chi connectivity index (χ2v) is 3.57. The maximum Gasteiger partial charge on any atom is 0.134 e. The fourth-order valence-electron chi connectivity index (χ4n) is 1.48. The van der Waals surface area contributed by atoms with Gasteiger partial charge in [-0.2, -0.15) is 0 Å². The largest absolute Gasteiger partial charge is 0.370 e. The van der Waals surface area contributed by atoms with Crippen LogP contribution in [0.25, 0.3) is 0 Å². The van der Waals surface area contributed by atoms with Crippen LogP contribution in [0.1, 0.15) is 18.2 Å². The normalized spacial score (nSPS) is 10.2. The Kier molecular flexibility index (Phi) is 3.54. The lowest BCUT2D eigenvalue weighted by molar-refractivity contribution is 0.412. The number of hydrogen-bond donors (Lipinski definition) is 2. The summed E-state index contributed by atoms with van der Waals surface area (Å²) in [5, 5.41) is 10.2. The van der Waals surface area contributed by atoms with Gasteiger partial charge in [-0.25, -0.2) is 9.97 Å². The van der Waals surface area contributed by atoms with Crippen LogP contribution in [0.3, 0.4) is 0 Å². The minimum atomic E-state index is 0.583. The first-order valence-electron chi connectivity index (χ1n) is 5.50. The molecule has 2 rings (SSSR count). The van der Waals surface area contributed by atoms with Gasteiger partial charge in [0.1, 0.15) is 29.9 Å². The molecule has 0 amide bonds. The van der Waals surface area contributed by atoms with E-state index in [0.717, 1.165) is 29.4 Å². The van der Waals surface area contributed by atoms with Crippen LogP contribution >= 0.6 is 0 Å². The molecule has 0 aromatic carbocycles. The van der Waals surface area contributed by atoms with Crippen molar-refractivity contribution in [3.63, 3.8) is 0 Å². The van der Waals surface area contributed by atoms with E-state index in [1.54, 1.807) is 6.26 Å². The van der Waals surface area contributed by atoms with Crippen LogP contribution in [0.2, 0.25) is 0 Å². The summed E-state index contributed by atoms with van der Waals surface area (Å²) in [4.78, 5) is 8.38. The number of nitrogens with one attached hydrogen (secondary N) is 2. The molecule has 6 heteroatoms. The molecule has 0 atom stereocenters. The Balaban J connectivity index is 2.07. The topological polar surface area (TPSA) is 75.9 Å². The van der Waals surface area contributed by atoms with E-state index in [-0.39, 0.29) is 0 Å². The Labute approximate surface area is 99.5 Å². The third-order valence-electron chi connectivity index (χ3n) is 2.36. The van der Waals surface area contributed by atoms with Crippen molar-refractivity contribution in [2.24, 2.45) is 0 Å². The highest BCUT2D eigenvalue weighted by molar-refractivity contribution is 5.56. The Morgan fingerprint density at radius 2 is 2.00 bits per heavy atom. The molecule has 17 heavy (non-hydrogen) atoms. The van der Waals surface area contributed by atoms with E-state index in [4.69, 9.17) is 4.52 Å². The molecular formula is C11H15N5O. The number of anilines is 2. The molecule has 2 heterocycles. The lowest BCUT2D eigenvalue weighted by atomic mass is 10.3. The third kappa shape index (κ3) is 2.72. The Morgan fingerprint density at radius 1 is 1.24 bits per heavy atom. The van der Waals surface area contributed by atoms with Crippen molar-refractivity contribution in [1.29, 1.82) is 0 Å². The maximum atomic E-state index is 4.76. The van der Waals surface area contributed by atoms with E-state index in [9.17, 15) is 0 Å². The minimum absolute atomic E-state index is 0.583. The van der Waals surface area contributed by atoms with Crippen LogP contribution < -0.4 is 10.6 Å². The quantitative estimate of drug-likeness (QED) is 0.820. The fourth-order valence-corrected chi connectivity index (χ4v) is 1.48. The highest BCUT2D eigenvalue weighted by Gasteiger charge is 2.06. The molecule has 0 aliphatic carbocycles. The average molecular weight is 233 g/mol. The van der Waals surface area contributed by atoms with Crippen LogP contribution in [0.5, 0.6) is 0 Å². The van der Waals surface area contributed by atoms with Gasteiger partial charge in [0.05, 0.1) is 6.54 Å². The highest BCUT2D eigenvalue weighted by Crippen LogP contribution is 2.18. The van der Waals surface area contributed by atoms with Gasteiger partial charge >= 0.3 is 0 Å². The molecule has 2 N–H and O–H groups in total. The number of aromatic nitrogens is 3. The molecule has 0 saturated carbocycles. The molecule has 90 valence electrons. The predicted octanol–water partition coefficient (Wildman–Crippen LogP) is 1.82. The number of hydrogen-bond acceptors (Lipinski definition) is 6. The summed E-state index contributed by atoms with van der Waals surface area (Å²) in [5.41, 5.74) is 1.84. The minimum Gasteiger partial charge on any atom is -0.370 e. The second kappa shape index (κ2) is 5.29. The van der Waals surface area contributed by atoms with Crippen molar-refractivity contribution in [2.45, 2.75) is 20.4 Å². The summed E-state index contributed by atoms with van der Waals surface area (Å²) in [6.45, 7) is 5.42. The monoisotopic (exact) mass is 233 g/mol. The molecule has 0 radical (unpaired) electrons. The van der Waals surface area contributed by atoms with Crippen LogP contribution in [-0.2, 0) is 6.54 Å². The van der Waals surface area contributed by atoms with Crippen LogP contribution in [-0.4, -0.2) is 21.7 Å². The Morgan fingerprint density at radius 3 is 2.65 bits per heavy atom. The molecule has 0 bridgehead atoms. The van der Waals surface area contributed by atoms with Gasteiger partial charge in [0.2, 0.25) is 0 Å². The molecule has 0 unspecified atom stereocenters. The zero-order valence-electron chi connectivity index (χ0n) is 9.90. The summed E-state index contributed by atoms with van der Waals surface area (Å²) in [7, 11) is 0. The van der Waals surface area contributed by atoms with E-state index >= 15 is 0 Å². The molecule has 0 spiro atoms. The van der Waals surface area contributed by atoms with Crippen molar-refractivity contribution in [1.82, 2.24) is 15.1 Å². The summed E-state index contributed by atoms with van der Waals surface area (Å²) in [6.07, 6.45) is 3.09. The summed E-state index contributed by atoms with van der Waals surface area (Å²) in [6, 6.07) is 1.81. The van der Waals surface area contributed by atoms with Crippen molar-refractivity contribution in [3.05, 3.63) is 29.9 Å². The number of nitrogens with zero attached hydrogens (tertiary/aromatic N) is 3. The first-order chi connectivity index (χ1) is 8.31. The predicted molar refractivity (Wildman–Crippen MR) is 64.8 cm³/mol. The molecule has 0 saturated heterocycles. The third-order valence-corrected chi connectivity index (χ3v) is 2.36. The molecule has 2 aromatic heterocycles. The van der Waals surface area contributed by atoms with E-state index in [0.29, 0.717) is 6.54 Å². The van der Waals surface area contributed by atoms with Gasteiger partial charge in [0.15, 0.2) is 0 Å². The molecule has 2 aromatic rings. The van der Waals surface area contributed by atoms with Gasteiger partial charge < -0.3 is 15.2 Å². The van der Waals surface area contributed by atoms with Gasteiger partial charge in [-0.1, -0.05) is 5.16 Å². The Bertz CT molecular complexity index is 469. The van der Waals surface area contributed by atoms with Crippen molar-refractivity contribution in [2.75, 3.05) is 17.2 Å². The average Bonchev–Trinajstić information content (AvgIpc) is 2.83. The highest BCUT2D eigenvalue weighted by atomic mass is 16.5. The van der Waals surface area contributed by atoms with E-state index < -0.39 is 0 Å². The molecule has 0 aliphatic heterocycles. The van der Waals surface area contributed by atoms with Crippen molar-refractivity contribution >= 4 is 11.6 Å².